The number of carbonyl (C=O) groups excluding carboxylic acids is 1. The van der Waals surface area contributed by atoms with E-state index >= 15 is 0 Å². The molecule has 20 heavy (non-hydrogen) atoms. The summed E-state index contributed by atoms with van der Waals surface area (Å²) in [5.74, 6) is -0.352. The van der Waals surface area contributed by atoms with E-state index < -0.39 is 0 Å². The zero-order chi connectivity index (χ0) is 14.1. The molecule has 3 aromatic rings. The Morgan fingerprint density at radius 3 is 2.95 bits per heavy atom. The van der Waals surface area contributed by atoms with E-state index in [-0.39, 0.29) is 18.0 Å². The number of Topliss-reactive ketones (excluding diaryl/α,β-unsaturated/α-hetero) is 1. The van der Waals surface area contributed by atoms with Crippen molar-refractivity contribution in [3.63, 3.8) is 0 Å². The number of aromatic nitrogens is 1. The normalized spacial score (nSPS) is 10.9. The van der Waals surface area contributed by atoms with Gasteiger partial charge in [0, 0.05) is 22.7 Å². The van der Waals surface area contributed by atoms with E-state index in [1.807, 2.05) is 17.5 Å². The molecule has 0 atom stereocenters. The summed E-state index contributed by atoms with van der Waals surface area (Å²) in [5.41, 5.74) is 2.24. The number of halogens is 2. The smallest absolute Gasteiger partial charge is 0.168 e. The van der Waals surface area contributed by atoms with E-state index in [1.54, 1.807) is 23.6 Å². The molecule has 0 aliphatic heterocycles. The van der Waals surface area contributed by atoms with Crippen LogP contribution in [-0.4, -0.2) is 10.8 Å². The van der Waals surface area contributed by atoms with Crippen molar-refractivity contribution in [1.82, 2.24) is 4.98 Å². The van der Waals surface area contributed by atoms with Crippen molar-refractivity contribution in [3.05, 3.63) is 63.3 Å². The van der Waals surface area contributed by atoms with Gasteiger partial charge in [0.25, 0.3) is 0 Å². The highest BCUT2D eigenvalue weighted by molar-refractivity contribution is 9.10. The fraction of sp³-hybridized carbons (Fsp3) is 0.0667. The first-order valence-electron chi connectivity index (χ1n) is 5.94. The van der Waals surface area contributed by atoms with Crippen molar-refractivity contribution in [2.75, 3.05) is 0 Å². The third kappa shape index (κ3) is 2.64. The molecule has 0 saturated heterocycles. The van der Waals surface area contributed by atoms with Gasteiger partial charge >= 0.3 is 0 Å². The van der Waals surface area contributed by atoms with E-state index in [4.69, 9.17) is 0 Å². The first-order valence-corrected chi connectivity index (χ1v) is 7.61. The van der Waals surface area contributed by atoms with Crippen molar-refractivity contribution >= 4 is 43.3 Å². The lowest BCUT2D eigenvalue weighted by Gasteiger charge is -2.04. The number of thiophene rings is 1. The molecule has 100 valence electrons. The van der Waals surface area contributed by atoms with Crippen molar-refractivity contribution in [1.29, 1.82) is 0 Å². The lowest BCUT2D eigenvalue weighted by molar-refractivity contribution is 0.0992. The van der Waals surface area contributed by atoms with Crippen molar-refractivity contribution < 1.29 is 9.18 Å². The molecule has 0 N–H and O–H groups in total. The number of carbonyl (C=O) groups is 1. The molecule has 0 spiro atoms. The van der Waals surface area contributed by atoms with E-state index in [9.17, 15) is 9.18 Å². The van der Waals surface area contributed by atoms with Crippen LogP contribution in [0.1, 0.15) is 15.9 Å². The van der Waals surface area contributed by atoms with E-state index in [1.165, 1.54) is 12.1 Å². The minimum absolute atomic E-state index is 0.0277. The minimum atomic E-state index is -0.324. The second kappa shape index (κ2) is 5.42. The molecule has 0 amide bonds. The van der Waals surface area contributed by atoms with E-state index in [0.717, 1.165) is 15.8 Å². The molecule has 2 heterocycles. The molecule has 0 aliphatic rings. The Bertz CT molecular complexity index is 799. The number of hydrogen-bond donors (Lipinski definition) is 0. The number of rotatable bonds is 3. The zero-order valence-corrected chi connectivity index (χ0v) is 12.7. The van der Waals surface area contributed by atoms with Crippen molar-refractivity contribution in [3.8, 4) is 0 Å². The summed E-state index contributed by atoms with van der Waals surface area (Å²) in [6.07, 6.45) is 1.81. The van der Waals surface area contributed by atoms with Gasteiger partial charge in [-0.15, -0.1) is 11.3 Å². The Labute approximate surface area is 127 Å². The van der Waals surface area contributed by atoms with Crippen LogP contribution in [0, 0.1) is 5.82 Å². The minimum Gasteiger partial charge on any atom is -0.294 e. The van der Waals surface area contributed by atoms with Gasteiger partial charge in [-0.05, 0) is 35.2 Å². The summed E-state index contributed by atoms with van der Waals surface area (Å²) >= 11 is 4.83. The van der Waals surface area contributed by atoms with Crippen molar-refractivity contribution in [2.45, 2.75) is 6.42 Å². The van der Waals surface area contributed by atoms with Gasteiger partial charge in [0.15, 0.2) is 5.78 Å². The van der Waals surface area contributed by atoms with Crippen LogP contribution in [0.15, 0.2) is 46.4 Å². The highest BCUT2D eigenvalue weighted by Crippen LogP contribution is 2.22. The summed E-state index contributed by atoms with van der Waals surface area (Å²) in [7, 11) is 0. The molecule has 2 aromatic heterocycles. The molecule has 0 radical (unpaired) electrons. The summed E-state index contributed by atoms with van der Waals surface area (Å²) in [5, 5.41) is 1.95. The number of fused-ring (bicyclic) bond motifs is 1. The number of nitrogens with zero attached hydrogens (tertiary/aromatic N) is 1. The monoisotopic (exact) mass is 349 g/mol. The molecule has 1 aromatic carbocycles. The molecule has 0 fully saturated rings. The van der Waals surface area contributed by atoms with Gasteiger partial charge in [0.1, 0.15) is 5.82 Å². The summed E-state index contributed by atoms with van der Waals surface area (Å²) < 4.78 is 14.6. The van der Waals surface area contributed by atoms with Crippen LogP contribution in [0.2, 0.25) is 0 Å². The lowest BCUT2D eigenvalue weighted by atomic mass is 10.0. The molecular formula is C15H9BrFNOS. The van der Waals surface area contributed by atoms with Gasteiger partial charge in [-0.1, -0.05) is 22.0 Å². The summed E-state index contributed by atoms with van der Waals surface area (Å²) in [6.45, 7) is 0. The first-order chi connectivity index (χ1) is 9.63. The number of ketones is 1. The van der Waals surface area contributed by atoms with Crippen LogP contribution in [0.5, 0.6) is 0 Å². The molecule has 3 rings (SSSR count). The summed E-state index contributed by atoms with van der Waals surface area (Å²) in [6, 6.07) is 8.11. The number of benzene rings is 1. The maximum atomic E-state index is 13.0. The predicted molar refractivity (Wildman–Crippen MR) is 81.8 cm³/mol. The molecular weight excluding hydrogens is 341 g/mol. The Morgan fingerprint density at radius 2 is 2.15 bits per heavy atom. The molecule has 5 heteroatoms. The predicted octanol–water partition coefficient (Wildman–Crippen LogP) is 4.62. The first kappa shape index (κ1) is 13.4. The average molecular weight is 350 g/mol. The number of pyridine rings is 1. The molecule has 0 saturated carbocycles. The fourth-order valence-corrected chi connectivity index (χ4v) is 3.21. The Balaban J connectivity index is 1.88. The highest BCUT2D eigenvalue weighted by Gasteiger charge is 2.11. The van der Waals surface area contributed by atoms with Gasteiger partial charge in [-0.25, -0.2) is 4.39 Å². The second-order valence-electron chi connectivity index (χ2n) is 4.36. The second-order valence-corrected chi connectivity index (χ2v) is 6.17. The van der Waals surface area contributed by atoms with Crippen LogP contribution in [0.4, 0.5) is 4.39 Å². The maximum absolute atomic E-state index is 13.0. The van der Waals surface area contributed by atoms with Crippen LogP contribution in [0.3, 0.4) is 0 Å². The third-order valence-corrected chi connectivity index (χ3v) is 4.58. The average Bonchev–Trinajstić information content (AvgIpc) is 2.89. The van der Waals surface area contributed by atoms with Crippen LogP contribution in [0.25, 0.3) is 10.2 Å². The van der Waals surface area contributed by atoms with Gasteiger partial charge in [-0.3, -0.25) is 9.78 Å². The van der Waals surface area contributed by atoms with E-state index in [2.05, 4.69) is 20.9 Å². The van der Waals surface area contributed by atoms with Gasteiger partial charge in [-0.2, -0.15) is 0 Å². The van der Waals surface area contributed by atoms with Gasteiger partial charge < -0.3 is 0 Å². The topological polar surface area (TPSA) is 30.0 Å². The van der Waals surface area contributed by atoms with Gasteiger partial charge in [0.05, 0.1) is 10.2 Å². The summed E-state index contributed by atoms with van der Waals surface area (Å²) in [4.78, 5) is 16.5. The molecule has 0 aliphatic carbocycles. The van der Waals surface area contributed by atoms with Gasteiger partial charge in [0.2, 0.25) is 0 Å². The van der Waals surface area contributed by atoms with Crippen LogP contribution in [-0.2, 0) is 6.42 Å². The van der Waals surface area contributed by atoms with E-state index in [0.29, 0.717) is 10.0 Å². The standard InChI is InChI=1S/C15H9BrFNOS/c16-12-7-11(17)2-1-9(12)5-14(19)10-6-15-13(18-8-10)3-4-20-15/h1-4,6-8H,5H2. The Hall–Kier alpha value is -1.59. The van der Waals surface area contributed by atoms with Crippen LogP contribution >= 0.6 is 27.3 Å². The fourth-order valence-electron chi connectivity index (χ4n) is 1.94. The SMILES string of the molecule is O=C(Cc1ccc(F)cc1Br)c1cnc2ccsc2c1. The van der Waals surface area contributed by atoms with Crippen molar-refractivity contribution in [2.24, 2.45) is 0 Å². The zero-order valence-electron chi connectivity index (χ0n) is 10.3. The molecule has 2 nitrogen and oxygen atoms in total. The quantitative estimate of drug-likeness (QED) is 0.645. The largest absolute Gasteiger partial charge is 0.294 e. The third-order valence-electron chi connectivity index (χ3n) is 2.99. The number of hydrogen-bond acceptors (Lipinski definition) is 3. The maximum Gasteiger partial charge on any atom is 0.168 e. The molecule has 0 bridgehead atoms. The Kier molecular flexibility index (Phi) is 3.63. The Morgan fingerprint density at radius 1 is 1.30 bits per heavy atom. The van der Waals surface area contributed by atoms with Crippen LogP contribution < -0.4 is 0 Å². The highest BCUT2D eigenvalue weighted by atomic mass is 79.9. The lowest BCUT2D eigenvalue weighted by Crippen LogP contribution is -2.04. The molecule has 0 unspecified atom stereocenters.